The zero-order valence-corrected chi connectivity index (χ0v) is 11.3. The van der Waals surface area contributed by atoms with Gasteiger partial charge in [-0.25, -0.2) is 0 Å². The summed E-state index contributed by atoms with van der Waals surface area (Å²) < 4.78 is 0. The summed E-state index contributed by atoms with van der Waals surface area (Å²) in [5, 5.41) is 14.7. The molecular formula is C16H20N2O. The second-order valence-electron chi connectivity index (χ2n) is 5.43. The molecule has 1 aromatic heterocycles. The first-order valence-electron chi connectivity index (χ1n) is 7.05. The molecule has 100 valence electrons. The molecule has 1 aliphatic rings. The van der Waals surface area contributed by atoms with Crippen molar-refractivity contribution in [1.82, 2.24) is 4.98 Å². The number of nitrogens with one attached hydrogen (secondary N) is 1. The summed E-state index contributed by atoms with van der Waals surface area (Å²) in [5.41, 5.74) is 3.11. The topological polar surface area (TPSA) is 45.1 Å². The molecule has 1 fully saturated rings. The van der Waals surface area contributed by atoms with Crippen LogP contribution in [0.3, 0.4) is 0 Å². The van der Waals surface area contributed by atoms with E-state index in [2.05, 4.69) is 22.4 Å². The van der Waals surface area contributed by atoms with E-state index in [4.69, 9.17) is 0 Å². The highest BCUT2D eigenvalue weighted by atomic mass is 16.3. The van der Waals surface area contributed by atoms with Gasteiger partial charge in [0.2, 0.25) is 0 Å². The van der Waals surface area contributed by atoms with Crippen molar-refractivity contribution in [3.05, 3.63) is 36.0 Å². The third kappa shape index (κ3) is 2.56. The third-order valence-electron chi connectivity index (χ3n) is 3.91. The molecule has 1 aliphatic carbocycles. The van der Waals surface area contributed by atoms with Crippen LogP contribution in [-0.4, -0.2) is 22.2 Å². The minimum Gasteiger partial charge on any atom is -0.391 e. The summed E-state index contributed by atoms with van der Waals surface area (Å²) in [7, 11) is 0. The van der Waals surface area contributed by atoms with Crippen LogP contribution in [0.15, 0.2) is 30.3 Å². The van der Waals surface area contributed by atoms with Gasteiger partial charge in [0.1, 0.15) is 0 Å². The van der Waals surface area contributed by atoms with Crippen molar-refractivity contribution in [3.8, 4) is 0 Å². The molecule has 1 saturated carbocycles. The number of fused-ring (bicyclic) bond motifs is 1. The van der Waals surface area contributed by atoms with E-state index < -0.39 is 0 Å². The number of aromatic nitrogens is 1. The molecule has 19 heavy (non-hydrogen) atoms. The maximum atomic E-state index is 10.1. The van der Waals surface area contributed by atoms with Gasteiger partial charge in [-0.1, -0.05) is 31.0 Å². The number of aryl methyl sites for hydroxylation is 1. The fraction of sp³-hybridized carbons (Fsp3) is 0.438. The summed E-state index contributed by atoms with van der Waals surface area (Å²) >= 11 is 0. The van der Waals surface area contributed by atoms with Gasteiger partial charge in [-0.3, -0.25) is 4.98 Å². The van der Waals surface area contributed by atoms with Crippen molar-refractivity contribution in [2.75, 3.05) is 5.32 Å². The lowest BCUT2D eigenvalue weighted by Crippen LogP contribution is -2.36. The quantitative estimate of drug-likeness (QED) is 0.867. The number of hydrogen-bond donors (Lipinski definition) is 2. The van der Waals surface area contributed by atoms with E-state index in [0.29, 0.717) is 0 Å². The van der Waals surface area contributed by atoms with Crippen LogP contribution < -0.4 is 5.32 Å². The van der Waals surface area contributed by atoms with E-state index in [-0.39, 0.29) is 12.1 Å². The number of aliphatic hydroxyl groups excluding tert-OH is 1. The van der Waals surface area contributed by atoms with Crippen LogP contribution in [0.1, 0.15) is 31.4 Å². The van der Waals surface area contributed by atoms with Gasteiger partial charge in [0.05, 0.1) is 17.7 Å². The van der Waals surface area contributed by atoms with Gasteiger partial charge in [0.25, 0.3) is 0 Å². The van der Waals surface area contributed by atoms with Crippen LogP contribution >= 0.6 is 0 Å². The van der Waals surface area contributed by atoms with Crippen LogP contribution in [0.2, 0.25) is 0 Å². The van der Waals surface area contributed by atoms with Crippen molar-refractivity contribution in [1.29, 1.82) is 0 Å². The normalized spacial score (nSPS) is 23.5. The number of nitrogens with zero attached hydrogens (tertiary/aromatic N) is 1. The zero-order valence-electron chi connectivity index (χ0n) is 11.3. The summed E-state index contributed by atoms with van der Waals surface area (Å²) in [5.74, 6) is 0. The lowest BCUT2D eigenvalue weighted by Gasteiger charge is -2.29. The molecule has 1 aromatic carbocycles. The predicted molar refractivity (Wildman–Crippen MR) is 78.4 cm³/mol. The monoisotopic (exact) mass is 256 g/mol. The number of pyridine rings is 1. The average molecular weight is 256 g/mol. The van der Waals surface area contributed by atoms with Crippen LogP contribution in [-0.2, 0) is 0 Å². The van der Waals surface area contributed by atoms with E-state index in [1.807, 2.05) is 25.1 Å². The van der Waals surface area contributed by atoms with Gasteiger partial charge in [-0.2, -0.15) is 0 Å². The predicted octanol–water partition coefficient (Wildman–Crippen LogP) is 3.26. The van der Waals surface area contributed by atoms with Gasteiger partial charge in [0, 0.05) is 16.8 Å². The molecule has 3 rings (SSSR count). The van der Waals surface area contributed by atoms with E-state index in [9.17, 15) is 5.11 Å². The Labute approximate surface area is 113 Å². The van der Waals surface area contributed by atoms with Crippen molar-refractivity contribution in [2.24, 2.45) is 0 Å². The van der Waals surface area contributed by atoms with Crippen LogP contribution in [0.25, 0.3) is 10.9 Å². The standard InChI is InChI=1S/C16H20N2O/c1-11-10-15(12-6-2-3-7-13(12)17-11)18-14-8-4-5-9-16(14)19/h2-3,6-7,10,14,16,19H,4-5,8-9H2,1H3,(H,17,18). The van der Waals surface area contributed by atoms with Crippen molar-refractivity contribution in [2.45, 2.75) is 44.8 Å². The Bertz CT molecular complexity index is 582. The molecule has 0 amide bonds. The molecule has 2 N–H and O–H groups in total. The number of benzene rings is 1. The summed E-state index contributed by atoms with van der Waals surface area (Å²) in [6.07, 6.45) is 4.03. The van der Waals surface area contributed by atoms with E-state index in [1.165, 1.54) is 6.42 Å². The lowest BCUT2D eigenvalue weighted by atomic mass is 9.92. The number of hydrogen-bond acceptors (Lipinski definition) is 3. The molecule has 2 aromatic rings. The Morgan fingerprint density at radius 1 is 1.21 bits per heavy atom. The summed E-state index contributed by atoms with van der Waals surface area (Å²) in [6.45, 7) is 2.01. The van der Waals surface area contributed by atoms with Gasteiger partial charge in [0.15, 0.2) is 0 Å². The minimum absolute atomic E-state index is 0.166. The highest BCUT2D eigenvalue weighted by Crippen LogP contribution is 2.27. The highest BCUT2D eigenvalue weighted by molar-refractivity contribution is 5.91. The Morgan fingerprint density at radius 2 is 2.00 bits per heavy atom. The Balaban J connectivity index is 1.95. The average Bonchev–Trinajstić information content (AvgIpc) is 2.41. The zero-order chi connectivity index (χ0) is 13.2. The number of anilines is 1. The molecule has 1 heterocycles. The molecule has 2 atom stereocenters. The van der Waals surface area contributed by atoms with Gasteiger partial charge >= 0.3 is 0 Å². The highest BCUT2D eigenvalue weighted by Gasteiger charge is 2.23. The largest absolute Gasteiger partial charge is 0.391 e. The summed E-state index contributed by atoms with van der Waals surface area (Å²) in [6, 6.07) is 10.4. The number of para-hydroxylation sites is 1. The maximum Gasteiger partial charge on any atom is 0.0741 e. The molecule has 0 spiro atoms. The first-order chi connectivity index (χ1) is 9.24. The Kier molecular flexibility index (Phi) is 3.38. The van der Waals surface area contributed by atoms with E-state index in [1.54, 1.807) is 0 Å². The molecule has 3 nitrogen and oxygen atoms in total. The summed E-state index contributed by atoms with van der Waals surface area (Å²) in [4.78, 5) is 4.55. The van der Waals surface area contributed by atoms with Crippen LogP contribution in [0.4, 0.5) is 5.69 Å². The lowest BCUT2D eigenvalue weighted by molar-refractivity contribution is 0.116. The van der Waals surface area contributed by atoms with Crippen LogP contribution in [0.5, 0.6) is 0 Å². The van der Waals surface area contributed by atoms with Crippen molar-refractivity contribution < 1.29 is 5.11 Å². The van der Waals surface area contributed by atoms with E-state index >= 15 is 0 Å². The second kappa shape index (κ2) is 5.17. The first kappa shape index (κ1) is 12.4. The van der Waals surface area contributed by atoms with Gasteiger partial charge in [-0.15, -0.1) is 0 Å². The molecule has 0 radical (unpaired) electrons. The number of rotatable bonds is 2. The molecule has 3 heteroatoms. The Morgan fingerprint density at radius 3 is 2.84 bits per heavy atom. The third-order valence-corrected chi connectivity index (χ3v) is 3.91. The molecular weight excluding hydrogens is 236 g/mol. The Hall–Kier alpha value is -1.61. The smallest absolute Gasteiger partial charge is 0.0741 e. The second-order valence-corrected chi connectivity index (χ2v) is 5.43. The van der Waals surface area contributed by atoms with Crippen molar-refractivity contribution >= 4 is 16.6 Å². The molecule has 0 aliphatic heterocycles. The molecule has 2 unspecified atom stereocenters. The van der Waals surface area contributed by atoms with Crippen molar-refractivity contribution in [3.63, 3.8) is 0 Å². The van der Waals surface area contributed by atoms with Gasteiger partial charge < -0.3 is 10.4 Å². The number of aliphatic hydroxyl groups is 1. The SMILES string of the molecule is Cc1cc(NC2CCCCC2O)c2ccccc2n1. The molecule has 0 saturated heterocycles. The maximum absolute atomic E-state index is 10.1. The minimum atomic E-state index is -0.235. The fourth-order valence-corrected chi connectivity index (χ4v) is 2.91. The first-order valence-corrected chi connectivity index (χ1v) is 7.05. The van der Waals surface area contributed by atoms with Crippen LogP contribution in [0, 0.1) is 6.92 Å². The van der Waals surface area contributed by atoms with E-state index in [0.717, 1.165) is 41.5 Å². The molecule has 0 bridgehead atoms. The fourth-order valence-electron chi connectivity index (χ4n) is 2.91. The van der Waals surface area contributed by atoms with Gasteiger partial charge in [-0.05, 0) is 31.9 Å².